The molecule has 5 nitrogen and oxygen atoms in total. The molecule has 7 heteroatoms. The molecule has 19 heavy (non-hydrogen) atoms. The fourth-order valence-corrected chi connectivity index (χ4v) is 2.50. The van der Waals surface area contributed by atoms with Crippen molar-refractivity contribution in [2.24, 2.45) is 4.99 Å². The van der Waals surface area contributed by atoms with Crippen LogP contribution in [-0.4, -0.2) is 29.3 Å². The smallest absolute Gasteiger partial charge is 0.240 e. The van der Waals surface area contributed by atoms with Gasteiger partial charge in [-0.05, 0) is 24.3 Å². The number of nitrogens with one attached hydrogen (secondary N) is 2. The van der Waals surface area contributed by atoms with Gasteiger partial charge in [-0.1, -0.05) is 11.8 Å². The molecular weight excluding hydrogens is 269 g/mol. The Morgan fingerprint density at radius 1 is 1.47 bits per heavy atom. The van der Waals surface area contributed by atoms with Crippen LogP contribution in [0.2, 0.25) is 0 Å². The van der Waals surface area contributed by atoms with E-state index in [4.69, 9.17) is 0 Å². The molecule has 2 amide bonds. The molecular formula is C12H12FN3O2S. The molecule has 2 rings (SSSR count). The van der Waals surface area contributed by atoms with Crippen molar-refractivity contribution < 1.29 is 14.0 Å². The van der Waals surface area contributed by atoms with Crippen molar-refractivity contribution in [3.05, 3.63) is 30.1 Å². The fourth-order valence-electron chi connectivity index (χ4n) is 1.56. The third-order valence-corrected chi connectivity index (χ3v) is 3.65. The number of carbonyl (C=O) groups excluding carboxylic acids is 2. The molecule has 0 radical (unpaired) electrons. The van der Waals surface area contributed by atoms with Gasteiger partial charge in [-0.3, -0.25) is 14.6 Å². The minimum absolute atomic E-state index is 0.0485. The molecule has 0 bridgehead atoms. The van der Waals surface area contributed by atoms with Gasteiger partial charge in [-0.2, -0.15) is 0 Å². The Morgan fingerprint density at radius 2 is 2.16 bits per heavy atom. The Labute approximate surface area is 113 Å². The number of thioether (sulfide) groups is 1. The number of halogens is 1. The fraction of sp³-hybridized carbons (Fsp3) is 0.250. The van der Waals surface area contributed by atoms with Gasteiger partial charge in [0.2, 0.25) is 11.8 Å². The first-order chi connectivity index (χ1) is 9.08. The van der Waals surface area contributed by atoms with Crippen LogP contribution in [-0.2, 0) is 9.59 Å². The molecule has 0 aliphatic carbocycles. The lowest BCUT2D eigenvalue weighted by molar-refractivity contribution is -0.122. The lowest BCUT2D eigenvalue weighted by atomic mass is 10.2. The van der Waals surface area contributed by atoms with E-state index >= 15 is 0 Å². The van der Waals surface area contributed by atoms with E-state index in [1.807, 2.05) is 0 Å². The average molecular weight is 281 g/mol. The maximum atomic E-state index is 12.7. The van der Waals surface area contributed by atoms with Gasteiger partial charge in [0.25, 0.3) is 0 Å². The molecule has 0 aromatic heterocycles. The van der Waals surface area contributed by atoms with Gasteiger partial charge in [-0.25, -0.2) is 4.39 Å². The van der Waals surface area contributed by atoms with Crippen LogP contribution in [0.25, 0.3) is 0 Å². The molecule has 0 spiro atoms. The number of hydrogen-bond acceptors (Lipinski definition) is 4. The van der Waals surface area contributed by atoms with Crippen molar-refractivity contribution in [3.63, 3.8) is 0 Å². The van der Waals surface area contributed by atoms with Crippen molar-refractivity contribution >= 4 is 34.4 Å². The summed E-state index contributed by atoms with van der Waals surface area (Å²) in [6.45, 7) is 0. The maximum Gasteiger partial charge on any atom is 0.240 e. The first-order valence-electron chi connectivity index (χ1n) is 5.58. The van der Waals surface area contributed by atoms with Crippen LogP contribution < -0.4 is 10.6 Å². The largest absolute Gasteiger partial charge is 0.326 e. The van der Waals surface area contributed by atoms with E-state index in [-0.39, 0.29) is 24.1 Å². The number of amides is 2. The summed E-state index contributed by atoms with van der Waals surface area (Å²) in [7, 11) is 1.57. The van der Waals surface area contributed by atoms with E-state index < -0.39 is 5.25 Å². The predicted octanol–water partition coefficient (Wildman–Crippen LogP) is 1.37. The zero-order valence-corrected chi connectivity index (χ0v) is 11.0. The quantitative estimate of drug-likeness (QED) is 0.879. The number of carbonyl (C=O) groups is 2. The van der Waals surface area contributed by atoms with Gasteiger partial charge in [0.05, 0.1) is 0 Å². The molecule has 1 fully saturated rings. The Balaban J connectivity index is 1.91. The third-order valence-electron chi connectivity index (χ3n) is 2.48. The standard InChI is InChI=1S/C12H12FN3O2S/c1-14-12-16-11(18)9(19-12)6-10(17)15-8-4-2-7(13)3-5-8/h2-5,9H,6H2,1H3,(H,15,17)(H,14,16,18)/t9-/m0/s1. The Kier molecular flexibility index (Phi) is 4.16. The van der Waals surface area contributed by atoms with Crippen molar-refractivity contribution in [1.82, 2.24) is 5.32 Å². The molecule has 1 aliphatic rings. The lowest BCUT2D eigenvalue weighted by Gasteiger charge is -2.07. The van der Waals surface area contributed by atoms with Gasteiger partial charge >= 0.3 is 0 Å². The Bertz CT molecular complexity index is 530. The van der Waals surface area contributed by atoms with Crippen molar-refractivity contribution in [1.29, 1.82) is 0 Å². The zero-order chi connectivity index (χ0) is 13.8. The molecule has 1 saturated heterocycles. The van der Waals surface area contributed by atoms with Crippen LogP contribution in [0.3, 0.4) is 0 Å². The topological polar surface area (TPSA) is 70.6 Å². The van der Waals surface area contributed by atoms with Gasteiger partial charge in [0.1, 0.15) is 11.1 Å². The zero-order valence-electron chi connectivity index (χ0n) is 10.1. The number of amidine groups is 1. The van der Waals surface area contributed by atoms with Crippen LogP contribution in [0, 0.1) is 5.82 Å². The van der Waals surface area contributed by atoms with E-state index in [9.17, 15) is 14.0 Å². The van der Waals surface area contributed by atoms with Crippen LogP contribution in [0.15, 0.2) is 29.3 Å². The summed E-state index contributed by atoms with van der Waals surface area (Å²) in [5.41, 5.74) is 0.499. The normalized spacial score (nSPS) is 20.4. The molecule has 1 aromatic rings. The molecule has 1 aromatic carbocycles. The highest BCUT2D eigenvalue weighted by Gasteiger charge is 2.31. The molecule has 1 atom stereocenters. The molecule has 100 valence electrons. The summed E-state index contributed by atoms with van der Waals surface area (Å²) < 4.78 is 12.7. The van der Waals surface area contributed by atoms with Crippen LogP contribution in [0.5, 0.6) is 0 Å². The summed E-state index contributed by atoms with van der Waals surface area (Å²) in [5.74, 6) is -0.885. The van der Waals surface area contributed by atoms with Crippen LogP contribution >= 0.6 is 11.8 Å². The number of rotatable bonds is 3. The van der Waals surface area contributed by atoms with Gasteiger partial charge in [-0.15, -0.1) is 0 Å². The van der Waals surface area contributed by atoms with E-state index in [0.717, 1.165) is 0 Å². The third kappa shape index (κ3) is 3.54. The van der Waals surface area contributed by atoms with E-state index in [2.05, 4.69) is 15.6 Å². The second-order valence-corrected chi connectivity index (χ2v) is 5.08. The van der Waals surface area contributed by atoms with E-state index in [1.54, 1.807) is 7.05 Å². The molecule has 1 heterocycles. The number of nitrogens with zero attached hydrogens (tertiary/aromatic N) is 1. The molecule has 0 saturated carbocycles. The van der Waals surface area contributed by atoms with Gasteiger partial charge in [0.15, 0.2) is 5.17 Å². The number of aliphatic imine (C=N–C) groups is 1. The number of hydrogen-bond donors (Lipinski definition) is 2. The average Bonchev–Trinajstić information content (AvgIpc) is 2.73. The molecule has 2 N–H and O–H groups in total. The summed E-state index contributed by atoms with van der Waals surface area (Å²) in [5, 5.41) is 5.23. The maximum absolute atomic E-state index is 12.7. The predicted molar refractivity (Wildman–Crippen MR) is 72.5 cm³/mol. The second kappa shape index (κ2) is 5.83. The minimum Gasteiger partial charge on any atom is -0.326 e. The SMILES string of the molecule is CN=C1NC(=O)[C@H](CC(=O)Nc2ccc(F)cc2)S1. The number of anilines is 1. The lowest BCUT2D eigenvalue weighted by Crippen LogP contribution is -2.28. The minimum atomic E-state index is -0.473. The van der Waals surface area contributed by atoms with Gasteiger partial charge < -0.3 is 10.6 Å². The van der Waals surface area contributed by atoms with Crippen LogP contribution in [0.1, 0.15) is 6.42 Å². The van der Waals surface area contributed by atoms with E-state index in [0.29, 0.717) is 10.9 Å². The highest BCUT2D eigenvalue weighted by Crippen LogP contribution is 2.22. The summed E-state index contributed by atoms with van der Waals surface area (Å²) in [4.78, 5) is 27.2. The summed E-state index contributed by atoms with van der Waals surface area (Å²) >= 11 is 1.23. The summed E-state index contributed by atoms with van der Waals surface area (Å²) in [6.07, 6.45) is 0.0485. The first kappa shape index (κ1) is 13.5. The van der Waals surface area contributed by atoms with Gasteiger partial charge in [0, 0.05) is 19.2 Å². The van der Waals surface area contributed by atoms with Crippen molar-refractivity contribution in [2.75, 3.05) is 12.4 Å². The Morgan fingerprint density at radius 3 is 2.74 bits per heavy atom. The first-order valence-corrected chi connectivity index (χ1v) is 6.46. The van der Waals surface area contributed by atoms with Crippen molar-refractivity contribution in [3.8, 4) is 0 Å². The monoisotopic (exact) mass is 281 g/mol. The van der Waals surface area contributed by atoms with Crippen molar-refractivity contribution in [2.45, 2.75) is 11.7 Å². The second-order valence-electron chi connectivity index (χ2n) is 3.88. The molecule has 0 unspecified atom stereocenters. The molecule has 1 aliphatic heterocycles. The highest BCUT2D eigenvalue weighted by atomic mass is 32.2. The number of benzene rings is 1. The highest BCUT2D eigenvalue weighted by molar-refractivity contribution is 8.15. The Hall–Kier alpha value is -1.89. The van der Waals surface area contributed by atoms with E-state index in [1.165, 1.54) is 36.0 Å². The van der Waals surface area contributed by atoms with Crippen LogP contribution in [0.4, 0.5) is 10.1 Å². The summed E-state index contributed by atoms with van der Waals surface area (Å²) in [6, 6.07) is 5.45.